The molecule has 0 amide bonds. The van der Waals surface area contributed by atoms with E-state index in [0.29, 0.717) is 0 Å². The molecule has 1 fully saturated rings. The largest absolute Gasteiger partial charge is 0.385 e. The predicted octanol–water partition coefficient (Wildman–Crippen LogP) is 2.83. The Morgan fingerprint density at radius 1 is 1.31 bits per heavy atom. The van der Waals surface area contributed by atoms with Crippen molar-refractivity contribution in [2.24, 2.45) is 5.92 Å². The van der Waals surface area contributed by atoms with E-state index in [1.165, 1.54) is 38.0 Å². The summed E-state index contributed by atoms with van der Waals surface area (Å²) in [6.45, 7) is 3.65. The summed E-state index contributed by atoms with van der Waals surface area (Å²) in [6, 6.07) is 10.5. The van der Waals surface area contributed by atoms with Crippen LogP contribution in [0.3, 0.4) is 0 Å². The molecule has 1 aromatic carbocycles. The van der Waals surface area contributed by atoms with Gasteiger partial charge in [0.05, 0.1) is 0 Å². The van der Waals surface area contributed by atoms with Gasteiger partial charge in [0.25, 0.3) is 0 Å². The first kappa shape index (κ1) is 11.5. The monoisotopic (exact) mass is 218 g/mol. The molecule has 1 aromatic rings. The molecule has 88 valence electrons. The molecule has 1 saturated heterocycles. The Labute approximate surface area is 98.7 Å². The zero-order valence-corrected chi connectivity index (χ0v) is 10.2. The number of nitrogens with one attached hydrogen (secondary N) is 1. The second kappa shape index (κ2) is 5.90. The van der Waals surface area contributed by atoms with Gasteiger partial charge in [-0.1, -0.05) is 18.2 Å². The number of anilines is 1. The summed E-state index contributed by atoms with van der Waals surface area (Å²) in [5, 5.41) is 3.49. The van der Waals surface area contributed by atoms with E-state index in [2.05, 4.69) is 47.6 Å². The van der Waals surface area contributed by atoms with Gasteiger partial charge in [0.1, 0.15) is 0 Å². The van der Waals surface area contributed by atoms with Crippen molar-refractivity contribution in [3.05, 3.63) is 30.3 Å². The molecule has 0 aliphatic carbocycles. The number of piperidine rings is 1. The molecule has 0 aromatic heterocycles. The molecule has 1 aliphatic heterocycles. The number of para-hydroxylation sites is 1. The van der Waals surface area contributed by atoms with Crippen molar-refractivity contribution >= 4 is 5.69 Å². The lowest BCUT2D eigenvalue weighted by Gasteiger charge is -2.29. The fraction of sp³-hybridized carbons (Fsp3) is 0.571. The second-order valence-corrected chi connectivity index (χ2v) is 4.85. The molecule has 2 nitrogen and oxygen atoms in total. The molecule has 2 heteroatoms. The predicted molar refractivity (Wildman–Crippen MR) is 69.8 cm³/mol. The zero-order valence-electron chi connectivity index (χ0n) is 10.2. The first-order valence-corrected chi connectivity index (χ1v) is 6.32. The van der Waals surface area contributed by atoms with Gasteiger partial charge >= 0.3 is 0 Å². The summed E-state index contributed by atoms with van der Waals surface area (Å²) in [5.74, 6) is 0.884. The van der Waals surface area contributed by atoms with Gasteiger partial charge in [-0.3, -0.25) is 0 Å². The van der Waals surface area contributed by atoms with E-state index in [9.17, 15) is 0 Å². The topological polar surface area (TPSA) is 15.3 Å². The van der Waals surface area contributed by atoms with Gasteiger partial charge in [-0.25, -0.2) is 0 Å². The average molecular weight is 218 g/mol. The van der Waals surface area contributed by atoms with Gasteiger partial charge in [-0.15, -0.1) is 0 Å². The second-order valence-electron chi connectivity index (χ2n) is 4.85. The molecule has 1 unspecified atom stereocenters. The molecule has 1 heterocycles. The van der Waals surface area contributed by atoms with Crippen LogP contribution in [0, 0.1) is 5.92 Å². The van der Waals surface area contributed by atoms with E-state index in [4.69, 9.17) is 0 Å². The highest BCUT2D eigenvalue weighted by atomic mass is 15.1. The van der Waals surface area contributed by atoms with Crippen molar-refractivity contribution < 1.29 is 0 Å². The molecule has 1 aliphatic rings. The molecule has 0 bridgehead atoms. The Kier molecular flexibility index (Phi) is 4.23. The van der Waals surface area contributed by atoms with Crippen molar-refractivity contribution in [1.82, 2.24) is 4.90 Å². The summed E-state index contributed by atoms with van der Waals surface area (Å²) < 4.78 is 0. The highest BCUT2D eigenvalue weighted by Gasteiger charge is 2.16. The third-order valence-electron chi connectivity index (χ3n) is 3.38. The van der Waals surface area contributed by atoms with E-state index in [-0.39, 0.29) is 0 Å². The maximum atomic E-state index is 3.49. The first-order valence-electron chi connectivity index (χ1n) is 6.32. The number of hydrogen-bond acceptors (Lipinski definition) is 2. The fourth-order valence-electron chi connectivity index (χ4n) is 2.49. The Hall–Kier alpha value is -1.02. The van der Waals surface area contributed by atoms with Crippen molar-refractivity contribution in [2.75, 3.05) is 32.0 Å². The van der Waals surface area contributed by atoms with Crippen LogP contribution >= 0.6 is 0 Å². The minimum absolute atomic E-state index is 0.884. The van der Waals surface area contributed by atoms with Crippen LogP contribution in [0.5, 0.6) is 0 Å². The van der Waals surface area contributed by atoms with Gasteiger partial charge in [0, 0.05) is 18.8 Å². The molecule has 1 atom stereocenters. The smallest absolute Gasteiger partial charge is 0.0340 e. The molecule has 16 heavy (non-hydrogen) atoms. The van der Waals surface area contributed by atoms with Crippen molar-refractivity contribution in [3.63, 3.8) is 0 Å². The maximum absolute atomic E-state index is 3.49. The van der Waals surface area contributed by atoms with Crippen LogP contribution in [0.1, 0.15) is 19.3 Å². The highest BCUT2D eigenvalue weighted by molar-refractivity contribution is 5.42. The molecule has 2 rings (SSSR count). The standard InChI is InChI=1S/C14H22N2/c1-16-11-5-6-13(12-16)9-10-15-14-7-3-2-4-8-14/h2-4,7-8,13,15H,5-6,9-12H2,1H3. The summed E-state index contributed by atoms with van der Waals surface area (Å²) in [5.41, 5.74) is 1.24. The number of nitrogens with zero attached hydrogens (tertiary/aromatic N) is 1. The Morgan fingerprint density at radius 3 is 2.88 bits per heavy atom. The first-order chi connectivity index (χ1) is 7.84. The van der Waals surface area contributed by atoms with Crippen molar-refractivity contribution in [2.45, 2.75) is 19.3 Å². The Bertz CT molecular complexity index is 297. The molecular formula is C14H22N2. The van der Waals surface area contributed by atoms with Crippen LogP contribution < -0.4 is 5.32 Å². The van der Waals surface area contributed by atoms with Crippen LogP contribution in [0.15, 0.2) is 30.3 Å². The van der Waals surface area contributed by atoms with E-state index in [1.807, 2.05) is 0 Å². The van der Waals surface area contributed by atoms with Gasteiger partial charge in [-0.2, -0.15) is 0 Å². The number of likely N-dealkylation sites (tertiary alicyclic amines) is 1. The van der Waals surface area contributed by atoms with Gasteiger partial charge in [0.15, 0.2) is 0 Å². The minimum atomic E-state index is 0.884. The fourth-order valence-corrected chi connectivity index (χ4v) is 2.49. The SMILES string of the molecule is CN1CCCC(CCNc2ccccc2)C1. The Morgan fingerprint density at radius 2 is 2.12 bits per heavy atom. The lowest BCUT2D eigenvalue weighted by atomic mass is 9.95. The summed E-state index contributed by atoms with van der Waals surface area (Å²) >= 11 is 0. The molecule has 0 saturated carbocycles. The summed E-state index contributed by atoms with van der Waals surface area (Å²) in [7, 11) is 2.23. The third-order valence-corrected chi connectivity index (χ3v) is 3.38. The lowest BCUT2D eigenvalue weighted by molar-refractivity contribution is 0.205. The van der Waals surface area contributed by atoms with Gasteiger partial charge < -0.3 is 10.2 Å². The highest BCUT2D eigenvalue weighted by Crippen LogP contribution is 2.18. The average Bonchev–Trinajstić information content (AvgIpc) is 2.30. The van der Waals surface area contributed by atoms with Crippen LogP contribution in [-0.4, -0.2) is 31.6 Å². The van der Waals surface area contributed by atoms with Crippen LogP contribution in [0.4, 0.5) is 5.69 Å². The molecular weight excluding hydrogens is 196 g/mol. The lowest BCUT2D eigenvalue weighted by Crippen LogP contribution is -2.32. The normalized spacial score (nSPS) is 21.9. The van der Waals surface area contributed by atoms with Gasteiger partial charge in [0.2, 0.25) is 0 Å². The minimum Gasteiger partial charge on any atom is -0.385 e. The number of benzene rings is 1. The quantitative estimate of drug-likeness (QED) is 0.836. The third kappa shape index (κ3) is 3.53. The van der Waals surface area contributed by atoms with E-state index in [1.54, 1.807) is 0 Å². The van der Waals surface area contributed by atoms with Crippen molar-refractivity contribution in [3.8, 4) is 0 Å². The number of rotatable bonds is 4. The van der Waals surface area contributed by atoms with E-state index >= 15 is 0 Å². The van der Waals surface area contributed by atoms with Crippen LogP contribution in [-0.2, 0) is 0 Å². The van der Waals surface area contributed by atoms with E-state index in [0.717, 1.165) is 12.5 Å². The summed E-state index contributed by atoms with van der Waals surface area (Å²) in [4.78, 5) is 2.46. The molecule has 1 N–H and O–H groups in total. The van der Waals surface area contributed by atoms with Gasteiger partial charge in [-0.05, 0) is 50.9 Å². The maximum Gasteiger partial charge on any atom is 0.0340 e. The summed E-state index contributed by atoms with van der Waals surface area (Å²) in [6.07, 6.45) is 4.06. The molecule has 0 spiro atoms. The Balaban J connectivity index is 1.68. The van der Waals surface area contributed by atoms with Crippen molar-refractivity contribution in [1.29, 1.82) is 0 Å². The van der Waals surface area contributed by atoms with Crippen LogP contribution in [0.2, 0.25) is 0 Å². The molecule has 0 radical (unpaired) electrons. The zero-order chi connectivity index (χ0) is 11.2. The van der Waals surface area contributed by atoms with Crippen LogP contribution in [0.25, 0.3) is 0 Å². The van der Waals surface area contributed by atoms with E-state index < -0.39 is 0 Å². The number of hydrogen-bond donors (Lipinski definition) is 1.